The molecule has 0 saturated carbocycles. The number of hydrogen-bond acceptors (Lipinski definition) is 3. The summed E-state index contributed by atoms with van der Waals surface area (Å²) in [6.45, 7) is 8.28. The largest absolute Gasteiger partial charge is 0.310 e. The highest BCUT2D eigenvalue weighted by Crippen LogP contribution is 2.11. The Labute approximate surface area is 113 Å². The topological polar surface area (TPSA) is 29.9 Å². The van der Waals surface area contributed by atoms with Crippen LogP contribution >= 0.6 is 11.3 Å². The van der Waals surface area contributed by atoms with Gasteiger partial charge >= 0.3 is 0 Å². The summed E-state index contributed by atoms with van der Waals surface area (Å²) in [6, 6.07) is 4.80. The van der Waals surface area contributed by atoms with Crippen molar-refractivity contribution in [2.24, 2.45) is 0 Å². The molecule has 0 aromatic carbocycles. The van der Waals surface area contributed by atoms with Crippen LogP contribution in [-0.2, 0) is 19.5 Å². The van der Waals surface area contributed by atoms with E-state index in [1.807, 2.05) is 11.3 Å². The first-order chi connectivity index (χ1) is 8.65. The minimum Gasteiger partial charge on any atom is -0.310 e. The van der Waals surface area contributed by atoms with E-state index in [1.165, 1.54) is 10.4 Å². The van der Waals surface area contributed by atoms with Crippen LogP contribution in [0.1, 0.15) is 30.0 Å². The van der Waals surface area contributed by atoms with Gasteiger partial charge in [-0.05, 0) is 18.4 Å². The standard InChI is InChI=1S/C14H21N3S/c1-11(2)15-9-13-10-17(16-12(13)3)7-6-14-5-4-8-18-14/h4-5,8,10-11,15H,6-7,9H2,1-3H3. The fourth-order valence-electron chi connectivity index (χ4n) is 1.84. The van der Waals surface area contributed by atoms with Crippen LogP contribution in [0, 0.1) is 6.92 Å². The van der Waals surface area contributed by atoms with Crippen molar-refractivity contribution in [1.29, 1.82) is 0 Å². The highest BCUT2D eigenvalue weighted by molar-refractivity contribution is 7.09. The Balaban J connectivity index is 1.91. The lowest BCUT2D eigenvalue weighted by Gasteiger charge is -2.06. The van der Waals surface area contributed by atoms with Crippen molar-refractivity contribution >= 4 is 11.3 Å². The van der Waals surface area contributed by atoms with E-state index in [0.717, 1.165) is 25.2 Å². The molecule has 2 aromatic rings. The van der Waals surface area contributed by atoms with Crippen molar-refractivity contribution in [1.82, 2.24) is 15.1 Å². The number of aryl methyl sites for hydroxylation is 3. The Hall–Kier alpha value is -1.13. The van der Waals surface area contributed by atoms with Gasteiger partial charge in [0.05, 0.1) is 5.69 Å². The number of hydrogen-bond donors (Lipinski definition) is 1. The third-order valence-electron chi connectivity index (χ3n) is 2.92. The monoisotopic (exact) mass is 263 g/mol. The van der Waals surface area contributed by atoms with Crippen LogP contribution in [0.25, 0.3) is 0 Å². The average molecular weight is 263 g/mol. The Bertz CT molecular complexity index is 471. The average Bonchev–Trinajstić information content (AvgIpc) is 2.93. The van der Waals surface area contributed by atoms with Gasteiger partial charge in [0.15, 0.2) is 0 Å². The molecule has 2 aromatic heterocycles. The molecule has 0 bridgehead atoms. The Morgan fingerprint density at radius 2 is 2.28 bits per heavy atom. The number of nitrogens with one attached hydrogen (secondary N) is 1. The molecule has 0 spiro atoms. The zero-order valence-electron chi connectivity index (χ0n) is 11.3. The van der Waals surface area contributed by atoms with Crippen molar-refractivity contribution < 1.29 is 0 Å². The molecule has 0 atom stereocenters. The molecule has 0 fully saturated rings. The van der Waals surface area contributed by atoms with Crippen LogP contribution in [-0.4, -0.2) is 15.8 Å². The van der Waals surface area contributed by atoms with E-state index in [1.54, 1.807) is 0 Å². The van der Waals surface area contributed by atoms with Gasteiger partial charge in [0.1, 0.15) is 0 Å². The van der Waals surface area contributed by atoms with Crippen molar-refractivity contribution in [2.45, 2.75) is 46.3 Å². The smallest absolute Gasteiger partial charge is 0.0638 e. The number of aromatic nitrogens is 2. The van der Waals surface area contributed by atoms with Gasteiger partial charge in [0.25, 0.3) is 0 Å². The number of nitrogens with zero attached hydrogens (tertiary/aromatic N) is 2. The van der Waals surface area contributed by atoms with E-state index in [9.17, 15) is 0 Å². The van der Waals surface area contributed by atoms with Crippen LogP contribution in [0.15, 0.2) is 23.7 Å². The van der Waals surface area contributed by atoms with Crippen LogP contribution in [0.5, 0.6) is 0 Å². The van der Waals surface area contributed by atoms with Gasteiger partial charge in [-0.1, -0.05) is 19.9 Å². The van der Waals surface area contributed by atoms with Crippen molar-refractivity contribution in [3.63, 3.8) is 0 Å². The predicted octanol–water partition coefficient (Wildman–Crippen LogP) is 2.99. The molecule has 0 amide bonds. The summed E-state index contributed by atoms with van der Waals surface area (Å²) >= 11 is 1.81. The van der Waals surface area contributed by atoms with Gasteiger partial charge in [-0.2, -0.15) is 5.10 Å². The molecule has 0 radical (unpaired) electrons. The molecule has 2 heterocycles. The van der Waals surface area contributed by atoms with Crippen LogP contribution < -0.4 is 5.32 Å². The maximum absolute atomic E-state index is 4.57. The van der Waals surface area contributed by atoms with Gasteiger partial charge in [-0.25, -0.2) is 0 Å². The van der Waals surface area contributed by atoms with E-state index >= 15 is 0 Å². The molecule has 0 aliphatic carbocycles. The van der Waals surface area contributed by atoms with Crippen LogP contribution in [0.3, 0.4) is 0 Å². The molecule has 0 saturated heterocycles. The SMILES string of the molecule is Cc1nn(CCc2cccs2)cc1CNC(C)C. The third kappa shape index (κ3) is 3.68. The molecular formula is C14H21N3S. The molecule has 3 nitrogen and oxygen atoms in total. The maximum Gasteiger partial charge on any atom is 0.0638 e. The van der Waals surface area contributed by atoms with Crippen molar-refractivity contribution in [2.75, 3.05) is 0 Å². The Kier molecular flexibility index (Phi) is 4.55. The fourth-order valence-corrected chi connectivity index (χ4v) is 2.54. The summed E-state index contributed by atoms with van der Waals surface area (Å²) in [5.74, 6) is 0. The first-order valence-electron chi connectivity index (χ1n) is 6.44. The second-order valence-electron chi connectivity index (χ2n) is 4.87. The Morgan fingerprint density at radius 1 is 1.44 bits per heavy atom. The molecule has 0 unspecified atom stereocenters. The molecule has 0 aliphatic rings. The minimum absolute atomic E-state index is 0.513. The van der Waals surface area contributed by atoms with Gasteiger partial charge in [0.2, 0.25) is 0 Å². The fraction of sp³-hybridized carbons (Fsp3) is 0.500. The van der Waals surface area contributed by atoms with E-state index in [0.29, 0.717) is 6.04 Å². The summed E-state index contributed by atoms with van der Waals surface area (Å²) in [5.41, 5.74) is 2.43. The molecule has 98 valence electrons. The van der Waals surface area contributed by atoms with Crippen LogP contribution in [0.4, 0.5) is 0 Å². The third-order valence-corrected chi connectivity index (χ3v) is 3.85. The minimum atomic E-state index is 0.513. The summed E-state index contributed by atoms with van der Waals surface area (Å²) in [5, 5.41) is 10.1. The van der Waals surface area contributed by atoms with E-state index < -0.39 is 0 Å². The zero-order chi connectivity index (χ0) is 13.0. The molecule has 1 N–H and O–H groups in total. The second-order valence-corrected chi connectivity index (χ2v) is 5.90. The summed E-state index contributed by atoms with van der Waals surface area (Å²) < 4.78 is 2.06. The summed E-state index contributed by atoms with van der Waals surface area (Å²) in [4.78, 5) is 1.42. The van der Waals surface area contributed by atoms with Crippen molar-refractivity contribution in [3.05, 3.63) is 39.8 Å². The molecule has 18 heavy (non-hydrogen) atoms. The van der Waals surface area contributed by atoms with Gasteiger partial charge < -0.3 is 5.32 Å². The molecule has 4 heteroatoms. The second kappa shape index (κ2) is 6.16. The summed E-state index contributed by atoms with van der Waals surface area (Å²) in [7, 11) is 0. The molecule has 2 rings (SSSR count). The quantitative estimate of drug-likeness (QED) is 0.868. The first kappa shape index (κ1) is 13.3. The summed E-state index contributed by atoms with van der Waals surface area (Å²) in [6.07, 6.45) is 3.23. The zero-order valence-corrected chi connectivity index (χ0v) is 12.1. The van der Waals surface area contributed by atoms with Gasteiger partial charge in [-0.15, -0.1) is 11.3 Å². The Morgan fingerprint density at radius 3 is 2.94 bits per heavy atom. The lowest BCUT2D eigenvalue weighted by Crippen LogP contribution is -2.21. The first-order valence-corrected chi connectivity index (χ1v) is 7.32. The maximum atomic E-state index is 4.57. The van der Waals surface area contributed by atoms with Gasteiger partial charge in [-0.3, -0.25) is 4.68 Å². The van der Waals surface area contributed by atoms with E-state index in [2.05, 4.69) is 59.6 Å². The number of rotatable bonds is 6. The lowest BCUT2D eigenvalue weighted by molar-refractivity contribution is 0.585. The number of thiophene rings is 1. The van der Waals surface area contributed by atoms with E-state index in [-0.39, 0.29) is 0 Å². The highest BCUT2D eigenvalue weighted by atomic mass is 32.1. The lowest BCUT2D eigenvalue weighted by atomic mass is 10.2. The molecular weight excluding hydrogens is 242 g/mol. The predicted molar refractivity (Wildman–Crippen MR) is 77.0 cm³/mol. The molecule has 0 aliphatic heterocycles. The van der Waals surface area contributed by atoms with Gasteiger partial charge in [0, 0.05) is 42.2 Å². The normalized spacial score (nSPS) is 11.3. The van der Waals surface area contributed by atoms with Crippen molar-refractivity contribution in [3.8, 4) is 0 Å². The van der Waals surface area contributed by atoms with E-state index in [4.69, 9.17) is 0 Å². The highest BCUT2D eigenvalue weighted by Gasteiger charge is 2.05. The van der Waals surface area contributed by atoms with Crippen LogP contribution in [0.2, 0.25) is 0 Å².